The SMILES string of the molecule is Cc1cc(-c2nc(NC3CCOCC3N)c(F)c3c2C(=O)NC3)sn1. The van der Waals surface area contributed by atoms with Crippen molar-refractivity contribution in [3.8, 4) is 10.6 Å². The number of halogens is 1. The number of aromatic nitrogens is 2. The molecule has 2 atom stereocenters. The van der Waals surface area contributed by atoms with Gasteiger partial charge in [0.2, 0.25) is 0 Å². The summed E-state index contributed by atoms with van der Waals surface area (Å²) in [6.07, 6.45) is 0.672. The summed E-state index contributed by atoms with van der Waals surface area (Å²) in [7, 11) is 0. The van der Waals surface area contributed by atoms with Crippen molar-refractivity contribution < 1.29 is 13.9 Å². The summed E-state index contributed by atoms with van der Waals surface area (Å²) in [5.41, 5.74) is 7.97. The molecule has 132 valence electrons. The Labute approximate surface area is 147 Å². The van der Waals surface area contributed by atoms with Crippen molar-refractivity contribution in [1.29, 1.82) is 0 Å². The largest absolute Gasteiger partial charge is 0.380 e. The van der Waals surface area contributed by atoms with E-state index in [0.717, 1.165) is 10.6 Å². The number of amides is 1. The van der Waals surface area contributed by atoms with Gasteiger partial charge in [0.25, 0.3) is 5.91 Å². The molecule has 0 bridgehead atoms. The highest BCUT2D eigenvalue weighted by molar-refractivity contribution is 7.09. The lowest BCUT2D eigenvalue weighted by atomic mass is 10.0. The summed E-state index contributed by atoms with van der Waals surface area (Å²) in [6, 6.07) is 1.48. The fourth-order valence-electron chi connectivity index (χ4n) is 3.14. The molecule has 0 radical (unpaired) electrons. The zero-order valence-corrected chi connectivity index (χ0v) is 14.5. The maximum Gasteiger partial charge on any atom is 0.254 e. The maximum absolute atomic E-state index is 14.9. The molecule has 4 N–H and O–H groups in total. The van der Waals surface area contributed by atoms with Crippen molar-refractivity contribution >= 4 is 23.3 Å². The number of nitrogens with two attached hydrogens (primary N) is 1. The van der Waals surface area contributed by atoms with Gasteiger partial charge in [0.05, 0.1) is 28.4 Å². The maximum atomic E-state index is 14.9. The first-order valence-electron chi connectivity index (χ1n) is 8.08. The van der Waals surface area contributed by atoms with E-state index in [-0.39, 0.29) is 30.4 Å². The molecule has 2 unspecified atom stereocenters. The monoisotopic (exact) mass is 363 g/mol. The molecule has 4 heterocycles. The Hall–Kier alpha value is -2.10. The van der Waals surface area contributed by atoms with Gasteiger partial charge < -0.3 is 21.1 Å². The average Bonchev–Trinajstić information content (AvgIpc) is 3.19. The Balaban J connectivity index is 1.79. The first-order valence-corrected chi connectivity index (χ1v) is 8.86. The van der Waals surface area contributed by atoms with E-state index in [0.29, 0.717) is 36.5 Å². The van der Waals surface area contributed by atoms with Gasteiger partial charge in [0.1, 0.15) is 0 Å². The van der Waals surface area contributed by atoms with Crippen molar-refractivity contribution in [2.24, 2.45) is 5.73 Å². The van der Waals surface area contributed by atoms with Crippen molar-refractivity contribution in [3.63, 3.8) is 0 Å². The molecule has 2 aliphatic heterocycles. The number of nitrogens with one attached hydrogen (secondary N) is 2. The Kier molecular flexibility index (Phi) is 4.14. The fourth-order valence-corrected chi connectivity index (χ4v) is 3.90. The van der Waals surface area contributed by atoms with Crippen LogP contribution in [-0.2, 0) is 11.3 Å². The summed E-state index contributed by atoms with van der Waals surface area (Å²) < 4.78 is 24.5. The molecular weight excluding hydrogens is 345 g/mol. The molecule has 1 fully saturated rings. The number of aryl methyl sites for hydroxylation is 1. The molecule has 0 aromatic carbocycles. The third kappa shape index (κ3) is 2.88. The second-order valence-electron chi connectivity index (χ2n) is 6.27. The van der Waals surface area contributed by atoms with Crippen molar-refractivity contribution in [3.05, 3.63) is 28.7 Å². The molecule has 0 aliphatic carbocycles. The van der Waals surface area contributed by atoms with Crippen LogP contribution in [-0.4, -0.2) is 40.6 Å². The van der Waals surface area contributed by atoms with Crippen molar-refractivity contribution in [1.82, 2.24) is 14.7 Å². The molecule has 0 saturated carbocycles. The van der Waals surface area contributed by atoms with Gasteiger partial charge >= 0.3 is 0 Å². The number of pyridine rings is 1. The van der Waals surface area contributed by atoms with E-state index in [4.69, 9.17) is 10.5 Å². The second-order valence-corrected chi connectivity index (χ2v) is 7.08. The van der Waals surface area contributed by atoms with Crippen LogP contribution in [0.15, 0.2) is 6.07 Å². The van der Waals surface area contributed by atoms with Gasteiger partial charge in [-0.1, -0.05) is 0 Å². The van der Waals surface area contributed by atoms with Gasteiger partial charge in [-0.05, 0) is 30.9 Å². The quantitative estimate of drug-likeness (QED) is 0.762. The summed E-state index contributed by atoms with van der Waals surface area (Å²) >= 11 is 1.24. The molecule has 2 aliphatic rings. The number of rotatable bonds is 3. The van der Waals surface area contributed by atoms with E-state index in [9.17, 15) is 9.18 Å². The van der Waals surface area contributed by atoms with Crippen LogP contribution in [0.4, 0.5) is 10.2 Å². The summed E-state index contributed by atoms with van der Waals surface area (Å²) in [4.78, 5) is 17.4. The van der Waals surface area contributed by atoms with Crippen LogP contribution < -0.4 is 16.4 Å². The van der Waals surface area contributed by atoms with Gasteiger partial charge in [0.15, 0.2) is 11.6 Å². The minimum atomic E-state index is -0.503. The van der Waals surface area contributed by atoms with Crippen molar-refractivity contribution in [2.75, 3.05) is 18.5 Å². The van der Waals surface area contributed by atoms with Crippen LogP contribution in [0.1, 0.15) is 28.0 Å². The molecule has 0 spiro atoms. The summed E-state index contributed by atoms with van der Waals surface area (Å²) in [5, 5.41) is 5.79. The lowest BCUT2D eigenvalue weighted by molar-refractivity contribution is 0.0751. The zero-order chi connectivity index (χ0) is 17.6. The number of ether oxygens (including phenoxy) is 1. The number of carbonyl (C=O) groups is 1. The highest BCUT2D eigenvalue weighted by atomic mass is 32.1. The van der Waals surface area contributed by atoms with Gasteiger partial charge in [-0.15, -0.1) is 0 Å². The second kappa shape index (κ2) is 6.32. The van der Waals surface area contributed by atoms with Crippen LogP contribution in [0, 0.1) is 12.7 Å². The lowest BCUT2D eigenvalue weighted by Crippen LogP contribution is -2.48. The molecule has 25 heavy (non-hydrogen) atoms. The highest BCUT2D eigenvalue weighted by Gasteiger charge is 2.32. The van der Waals surface area contributed by atoms with Crippen LogP contribution >= 0.6 is 11.5 Å². The summed E-state index contributed by atoms with van der Waals surface area (Å²) in [5.74, 6) is -0.688. The van der Waals surface area contributed by atoms with E-state index in [1.165, 1.54) is 11.5 Å². The fraction of sp³-hybridized carbons (Fsp3) is 0.438. The Morgan fingerprint density at radius 2 is 2.36 bits per heavy atom. The summed E-state index contributed by atoms with van der Waals surface area (Å²) in [6.45, 7) is 3.01. The molecular formula is C16H18FN5O2S. The first-order chi connectivity index (χ1) is 12.0. The third-order valence-electron chi connectivity index (χ3n) is 4.47. The topological polar surface area (TPSA) is 102 Å². The van der Waals surface area contributed by atoms with Gasteiger partial charge in [-0.2, -0.15) is 4.37 Å². The number of fused-ring (bicyclic) bond motifs is 1. The third-order valence-corrected chi connectivity index (χ3v) is 5.36. The molecule has 4 rings (SSSR count). The first kappa shape index (κ1) is 16.4. The lowest BCUT2D eigenvalue weighted by Gasteiger charge is -2.30. The molecule has 7 nitrogen and oxygen atoms in total. The van der Waals surface area contributed by atoms with Gasteiger partial charge in [-0.3, -0.25) is 4.79 Å². The van der Waals surface area contributed by atoms with E-state index in [2.05, 4.69) is 20.0 Å². The molecule has 9 heteroatoms. The molecule has 2 aromatic heterocycles. The number of hydrogen-bond donors (Lipinski definition) is 3. The Morgan fingerprint density at radius 3 is 3.08 bits per heavy atom. The van der Waals surface area contributed by atoms with Crippen molar-refractivity contribution in [2.45, 2.75) is 32.0 Å². The predicted octanol–water partition coefficient (Wildman–Crippen LogP) is 1.42. The minimum Gasteiger partial charge on any atom is -0.380 e. The van der Waals surface area contributed by atoms with Gasteiger partial charge in [0, 0.05) is 30.8 Å². The van der Waals surface area contributed by atoms with E-state index in [1.54, 1.807) is 0 Å². The Morgan fingerprint density at radius 1 is 1.52 bits per heavy atom. The van der Waals surface area contributed by atoms with Gasteiger partial charge in [-0.25, -0.2) is 9.37 Å². The van der Waals surface area contributed by atoms with Crippen LogP contribution in [0.25, 0.3) is 10.6 Å². The zero-order valence-electron chi connectivity index (χ0n) is 13.6. The standard InChI is InChI=1S/C16H18FN5O2S/c1-7-4-11(25-22-7)14-12-8(5-19-16(12)23)13(17)15(21-14)20-10-2-3-24-6-9(10)18/h4,9-10H,2-3,5-6,18H2,1H3,(H,19,23)(H,20,21). The number of carbonyl (C=O) groups excluding carboxylic acids is 1. The van der Waals surface area contributed by atoms with E-state index in [1.807, 2.05) is 13.0 Å². The average molecular weight is 363 g/mol. The minimum absolute atomic E-state index is 0.124. The molecule has 1 amide bonds. The van der Waals surface area contributed by atoms with E-state index >= 15 is 0 Å². The van der Waals surface area contributed by atoms with Crippen LogP contribution in [0.5, 0.6) is 0 Å². The predicted molar refractivity (Wildman–Crippen MR) is 92.0 cm³/mol. The Bertz CT molecular complexity index is 840. The number of hydrogen-bond acceptors (Lipinski definition) is 7. The van der Waals surface area contributed by atoms with Crippen LogP contribution in [0.2, 0.25) is 0 Å². The van der Waals surface area contributed by atoms with Crippen LogP contribution in [0.3, 0.4) is 0 Å². The molecule has 1 saturated heterocycles. The van der Waals surface area contributed by atoms with E-state index < -0.39 is 5.82 Å². The number of anilines is 1. The molecule has 2 aromatic rings. The normalized spacial score (nSPS) is 22.6. The smallest absolute Gasteiger partial charge is 0.254 e. The number of nitrogens with zero attached hydrogens (tertiary/aromatic N) is 2. The highest BCUT2D eigenvalue weighted by Crippen LogP contribution is 2.35.